The van der Waals surface area contributed by atoms with Gasteiger partial charge in [0.25, 0.3) is 0 Å². The first kappa shape index (κ1) is 12.3. The Balaban J connectivity index is 2.20. The summed E-state index contributed by atoms with van der Waals surface area (Å²) in [5, 5.41) is 0. The van der Waals surface area contributed by atoms with Crippen molar-refractivity contribution in [2.45, 2.75) is 32.2 Å². The number of methoxy groups -OCH3 is 1. The number of nitrogens with zero attached hydrogens (tertiary/aromatic N) is 2. The van der Waals surface area contributed by atoms with E-state index in [9.17, 15) is 4.39 Å². The van der Waals surface area contributed by atoms with Gasteiger partial charge in [0, 0.05) is 18.2 Å². The quantitative estimate of drug-likeness (QED) is 0.905. The van der Waals surface area contributed by atoms with Gasteiger partial charge >= 0.3 is 0 Å². The number of halogens is 1. The molecule has 0 bridgehead atoms. The molecular formula is C14H18FN3O. The topological polar surface area (TPSA) is 53.1 Å². The van der Waals surface area contributed by atoms with Crippen molar-refractivity contribution in [2.75, 3.05) is 12.8 Å². The molecule has 1 aliphatic carbocycles. The van der Waals surface area contributed by atoms with Gasteiger partial charge in [-0.25, -0.2) is 9.37 Å². The van der Waals surface area contributed by atoms with Crippen LogP contribution in [0.5, 0.6) is 5.75 Å². The maximum Gasteiger partial charge on any atom is 0.201 e. The Kier molecular flexibility index (Phi) is 2.84. The highest BCUT2D eigenvalue weighted by atomic mass is 19.1. The van der Waals surface area contributed by atoms with E-state index in [1.165, 1.54) is 26.0 Å². The molecule has 1 fully saturated rings. The number of hydrogen-bond acceptors (Lipinski definition) is 3. The largest absolute Gasteiger partial charge is 0.494 e. The first-order chi connectivity index (χ1) is 9.11. The van der Waals surface area contributed by atoms with Crippen LogP contribution in [0.15, 0.2) is 12.1 Å². The first-order valence-electron chi connectivity index (χ1n) is 6.62. The number of hydrogen-bond donors (Lipinski definition) is 1. The van der Waals surface area contributed by atoms with Gasteiger partial charge in [-0.1, -0.05) is 13.3 Å². The van der Waals surface area contributed by atoms with Gasteiger partial charge in [-0.15, -0.1) is 0 Å². The van der Waals surface area contributed by atoms with Crippen LogP contribution in [-0.4, -0.2) is 16.7 Å². The molecule has 0 radical (unpaired) electrons. The molecule has 1 heterocycles. The van der Waals surface area contributed by atoms with E-state index in [1.807, 2.05) is 4.57 Å². The Morgan fingerprint density at radius 3 is 2.84 bits per heavy atom. The molecular weight excluding hydrogens is 245 g/mol. The van der Waals surface area contributed by atoms with Gasteiger partial charge in [0.1, 0.15) is 0 Å². The number of anilines is 1. The fourth-order valence-electron chi connectivity index (χ4n) is 3.13. The average Bonchev–Trinajstić information content (AvgIpc) is 2.90. The highest BCUT2D eigenvalue weighted by Gasteiger charge is 2.28. The molecule has 2 aromatic rings. The molecule has 0 aliphatic heterocycles. The summed E-state index contributed by atoms with van der Waals surface area (Å²) in [7, 11) is 1.46. The van der Waals surface area contributed by atoms with Crippen LogP contribution < -0.4 is 10.5 Å². The highest BCUT2D eigenvalue weighted by Crippen LogP contribution is 2.39. The van der Waals surface area contributed by atoms with Crippen molar-refractivity contribution in [3.8, 4) is 5.75 Å². The van der Waals surface area contributed by atoms with Gasteiger partial charge < -0.3 is 15.0 Å². The van der Waals surface area contributed by atoms with Gasteiger partial charge in [0.2, 0.25) is 5.95 Å². The van der Waals surface area contributed by atoms with Crippen LogP contribution in [0.1, 0.15) is 32.2 Å². The zero-order valence-corrected chi connectivity index (χ0v) is 11.2. The SMILES string of the molecule is COc1cc2c(cc1F)nc(N)n2C1CCCC1C. The van der Waals surface area contributed by atoms with E-state index in [-0.39, 0.29) is 5.75 Å². The van der Waals surface area contributed by atoms with Crippen molar-refractivity contribution in [3.05, 3.63) is 17.9 Å². The van der Waals surface area contributed by atoms with Crippen LogP contribution in [0.4, 0.5) is 10.3 Å². The molecule has 4 nitrogen and oxygen atoms in total. The summed E-state index contributed by atoms with van der Waals surface area (Å²) in [5.41, 5.74) is 7.47. The van der Waals surface area contributed by atoms with Gasteiger partial charge in [-0.3, -0.25) is 0 Å². The minimum Gasteiger partial charge on any atom is -0.494 e. The predicted molar refractivity (Wildman–Crippen MR) is 72.7 cm³/mol. The van der Waals surface area contributed by atoms with E-state index in [1.54, 1.807) is 6.07 Å². The first-order valence-corrected chi connectivity index (χ1v) is 6.62. The van der Waals surface area contributed by atoms with Crippen molar-refractivity contribution in [3.63, 3.8) is 0 Å². The zero-order chi connectivity index (χ0) is 13.6. The van der Waals surface area contributed by atoms with E-state index in [4.69, 9.17) is 10.5 Å². The Morgan fingerprint density at radius 1 is 1.42 bits per heavy atom. The number of aromatic nitrogens is 2. The molecule has 0 saturated heterocycles. The average molecular weight is 263 g/mol. The lowest BCUT2D eigenvalue weighted by Gasteiger charge is -2.19. The third-order valence-electron chi connectivity index (χ3n) is 4.14. The monoisotopic (exact) mass is 263 g/mol. The highest BCUT2D eigenvalue weighted by molar-refractivity contribution is 5.80. The van der Waals surface area contributed by atoms with Crippen LogP contribution in [0.3, 0.4) is 0 Å². The van der Waals surface area contributed by atoms with E-state index in [0.29, 0.717) is 23.4 Å². The van der Waals surface area contributed by atoms with Crippen LogP contribution in [0, 0.1) is 11.7 Å². The summed E-state index contributed by atoms with van der Waals surface area (Å²) in [4.78, 5) is 4.27. The minimum absolute atomic E-state index is 0.235. The maximum atomic E-state index is 13.7. The molecule has 102 valence electrons. The Hall–Kier alpha value is -1.78. The molecule has 2 atom stereocenters. The van der Waals surface area contributed by atoms with Crippen LogP contribution >= 0.6 is 0 Å². The maximum absolute atomic E-state index is 13.7. The number of nitrogen functional groups attached to an aromatic ring is 1. The lowest BCUT2D eigenvalue weighted by atomic mass is 10.1. The van der Waals surface area contributed by atoms with Crippen molar-refractivity contribution >= 4 is 17.0 Å². The Bertz CT molecular complexity index is 623. The lowest BCUT2D eigenvalue weighted by Crippen LogP contribution is -2.14. The lowest BCUT2D eigenvalue weighted by molar-refractivity contribution is 0.386. The van der Waals surface area contributed by atoms with Crippen LogP contribution in [-0.2, 0) is 0 Å². The summed E-state index contributed by atoms with van der Waals surface area (Å²) < 4.78 is 20.8. The second-order valence-corrected chi connectivity index (χ2v) is 5.29. The summed E-state index contributed by atoms with van der Waals surface area (Å²) >= 11 is 0. The fraction of sp³-hybridized carbons (Fsp3) is 0.500. The molecule has 0 spiro atoms. The molecule has 0 amide bonds. The van der Waals surface area contributed by atoms with E-state index < -0.39 is 5.82 Å². The van der Waals surface area contributed by atoms with Crippen molar-refractivity contribution < 1.29 is 9.13 Å². The van der Waals surface area contributed by atoms with Crippen molar-refractivity contribution in [1.82, 2.24) is 9.55 Å². The van der Waals surface area contributed by atoms with E-state index in [2.05, 4.69) is 11.9 Å². The number of rotatable bonds is 2. The zero-order valence-electron chi connectivity index (χ0n) is 11.2. The molecule has 2 N–H and O–H groups in total. The van der Waals surface area contributed by atoms with Gasteiger partial charge in [-0.05, 0) is 18.8 Å². The molecule has 19 heavy (non-hydrogen) atoms. The molecule has 1 aromatic carbocycles. The van der Waals surface area contributed by atoms with Gasteiger partial charge in [-0.2, -0.15) is 0 Å². The number of benzene rings is 1. The molecule has 1 saturated carbocycles. The molecule has 3 rings (SSSR count). The normalized spacial score (nSPS) is 23.1. The predicted octanol–water partition coefficient (Wildman–Crippen LogP) is 3.13. The molecule has 1 aromatic heterocycles. The van der Waals surface area contributed by atoms with Crippen molar-refractivity contribution in [1.29, 1.82) is 0 Å². The second-order valence-electron chi connectivity index (χ2n) is 5.29. The second kappa shape index (κ2) is 4.40. The summed E-state index contributed by atoms with van der Waals surface area (Å²) in [6.07, 6.45) is 3.49. The Morgan fingerprint density at radius 2 is 2.21 bits per heavy atom. The van der Waals surface area contributed by atoms with E-state index >= 15 is 0 Å². The summed E-state index contributed by atoms with van der Waals surface area (Å²) in [6.45, 7) is 2.23. The number of nitrogens with two attached hydrogens (primary N) is 1. The van der Waals surface area contributed by atoms with Crippen LogP contribution in [0.2, 0.25) is 0 Å². The minimum atomic E-state index is -0.404. The Labute approximate surface area is 111 Å². The van der Waals surface area contributed by atoms with Crippen molar-refractivity contribution in [2.24, 2.45) is 5.92 Å². The molecule has 1 aliphatic rings. The summed E-state index contributed by atoms with van der Waals surface area (Å²) in [6, 6.07) is 3.43. The third-order valence-corrected chi connectivity index (χ3v) is 4.14. The van der Waals surface area contributed by atoms with E-state index in [0.717, 1.165) is 11.9 Å². The fourth-order valence-corrected chi connectivity index (χ4v) is 3.13. The number of fused-ring (bicyclic) bond motifs is 1. The molecule has 5 heteroatoms. The standard InChI is InChI=1S/C14H18FN3O/c1-8-4-3-5-11(8)18-12-7-13(19-2)9(15)6-10(12)17-14(18)16/h6-8,11H,3-5H2,1-2H3,(H2,16,17). The molecule has 2 unspecified atom stereocenters. The number of ether oxygens (including phenoxy) is 1. The summed E-state index contributed by atoms with van der Waals surface area (Å²) in [5.74, 6) is 0.857. The van der Waals surface area contributed by atoms with Gasteiger partial charge in [0.05, 0.1) is 18.1 Å². The van der Waals surface area contributed by atoms with Crippen LogP contribution in [0.25, 0.3) is 11.0 Å². The van der Waals surface area contributed by atoms with Gasteiger partial charge in [0.15, 0.2) is 11.6 Å². The smallest absolute Gasteiger partial charge is 0.201 e. The third kappa shape index (κ3) is 1.84. The number of imidazole rings is 1.